The van der Waals surface area contributed by atoms with Crippen LogP contribution in [0.5, 0.6) is 0 Å². The number of amides is 2. The number of hydroxylamine groups is 2. The van der Waals surface area contributed by atoms with Crippen LogP contribution in [0.15, 0.2) is 0 Å². The molecule has 0 spiro atoms. The Morgan fingerprint density at radius 2 is 1.79 bits per heavy atom. The normalized spacial score (nSPS) is 28.3. The van der Waals surface area contributed by atoms with Crippen molar-refractivity contribution < 1.29 is 48.8 Å². The van der Waals surface area contributed by atoms with E-state index in [0.29, 0.717) is 44.1 Å². The largest absolute Gasteiger partial charge is 0.394 e. The molecule has 2 amide bonds. The molecule has 0 saturated carbocycles. The molecule has 38 heavy (non-hydrogen) atoms. The highest BCUT2D eigenvalue weighted by atomic mass is 16.7. The number of rotatable bonds is 16. The lowest BCUT2D eigenvalue weighted by molar-refractivity contribution is -0.222. The molecule has 12 nitrogen and oxygen atoms in total. The van der Waals surface area contributed by atoms with Gasteiger partial charge in [-0.05, 0) is 51.6 Å². The lowest BCUT2D eigenvalue weighted by atomic mass is 10.0. The second kappa shape index (κ2) is 16.4. The summed E-state index contributed by atoms with van der Waals surface area (Å²) in [5.41, 5.74) is 0. The molecule has 3 aliphatic rings. The number of hydrogen-bond donors (Lipinski definition) is 3. The van der Waals surface area contributed by atoms with Crippen LogP contribution < -0.4 is 0 Å². The lowest BCUT2D eigenvalue weighted by Gasteiger charge is -2.33. The Hall–Kier alpha value is -1.67. The number of hydrogen-bond acceptors (Lipinski definition) is 11. The fraction of sp³-hybridized carbons (Fsp3) is 0.885. The van der Waals surface area contributed by atoms with E-state index in [0.717, 1.165) is 51.6 Å². The zero-order chi connectivity index (χ0) is 27.3. The summed E-state index contributed by atoms with van der Waals surface area (Å²) in [5, 5.41) is 30.1. The Bertz CT molecular complexity index is 738. The third kappa shape index (κ3) is 10.5. The maximum atomic E-state index is 12.0. The molecule has 0 aromatic rings. The van der Waals surface area contributed by atoms with Crippen LogP contribution in [0, 0.1) is 0 Å². The zero-order valence-corrected chi connectivity index (χ0v) is 22.2. The van der Waals surface area contributed by atoms with E-state index in [-0.39, 0.29) is 32.0 Å². The predicted octanol–water partition coefficient (Wildman–Crippen LogP) is 0.651. The van der Waals surface area contributed by atoms with Gasteiger partial charge in [-0.2, -0.15) is 0 Å². The molecule has 3 heterocycles. The van der Waals surface area contributed by atoms with E-state index in [1.165, 1.54) is 0 Å². The standard InChI is InChI=1S/C26H44N2O10/c29-18-20-16-19(30)17-26(37-20)36-15-13-27(12-4-7-22-21(31)6-5-14-35-22)11-3-1-2-8-25(34)38-28-23(32)9-10-24(28)33/h19-22,26,29-31H,1-18H2. The Kier molecular flexibility index (Phi) is 13.4. The Morgan fingerprint density at radius 1 is 1.03 bits per heavy atom. The summed E-state index contributed by atoms with van der Waals surface area (Å²) < 4.78 is 17.2. The van der Waals surface area contributed by atoms with Crippen molar-refractivity contribution >= 4 is 17.8 Å². The van der Waals surface area contributed by atoms with E-state index in [9.17, 15) is 29.7 Å². The van der Waals surface area contributed by atoms with Gasteiger partial charge in [0.25, 0.3) is 11.8 Å². The summed E-state index contributed by atoms with van der Waals surface area (Å²) in [6.07, 6.45) is 4.45. The first-order valence-electron chi connectivity index (χ1n) is 14.0. The molecule has 12 heteroatoms. The number of carbonyl (C=O) groups is 3. The molecule has 3 aliphatic heterocycles. The van der Waals surface area contributed by atoms with E-state index in [4.69, 9.17) is 19.0 Å². The third-order valence-electron chi connectivity index (χ3n) is 7.18. The van der Waals surface area contributed by atoms with Gasteiger partial charge in [0.2, 0.25) is 0 Å². The van der Waals surface area contributed by atoms with Gasteiger partial charge in [-0.3, -0.25) is 9.59 Å². The van der Waals surface area contributed by atoms with Gasteiger partial charge in [-0.1, -0.05) is 6.42 Å². The average molecular weight is 545 g/mol. The summed E-state index contributed by atoms with van der Waals surface area (Å²) >= 11 is 0. The SMILES string of the molecule is O=C(CCCCCN(CCCC1OCCCC1O)CCOC1CC(O)CC(CO)O1)ON1C(=O)CCC1=O. The fourth-order valence-corrected chi connectivity index (χ4v) is 5.02. The van der Waals surface area contributed by atoms with Gasteiger partial charge in [-0.15, -0.1) is 5.06 Å². The van der Waals surface area contributed by atoms with Gasteiger partial charge in [0.15, 0.2) is 6.29 Å². The van der Waals surface area contributed by atoms with Crippen molar-refractivity contribution in [3.05, 3.63) is 0 Å². The number of aliphatic hydroxyl groups excluding tert-OH is 3. The van der Waals surface area contributed by atoms with E-state index < -0.39 is 42.4 Å². The van der Waals surface area contributed by atoms with Gasteiger partial charge in [0, 0.05) is 45.3 Å². The topological polar surface area (TPSA) is 155 Å². The molecule has 3 rings (SSSR count). The molecule has 3 saturated heterocycles. The predicted molar refractivity (Wildman–Crippen MR) is 133 cm³/mol. The second-order valence-corrected chi connectivity index (χ2v) is 10.3. The molecule has 0 aromatic heterocycles. The molecule has 0 bridgehead atoms. The van der Waals surface area contributed by atoms with Gasteiger partial charge >= 0.3 is 5.97 Å². The zero-order valence-electron chi connectivity index (χ0n) is 22.2. The highest BCUT2D eigenvalue weighted by Gasteiger charge is 2.32. The molecule has 3 N–H and O–H groups in total. The monoisotopic (exact) mass is 544 g/mol. The number of imide groups is 1. The Morgan fingerprint density at radius 3 is 2.53 bits per heavy atom. The highest BCUT2D eigenvalue weighted by Crippen LogP contribution is 2.21. The molecule has 0 aromatic carbocycles. The minimum absolute atomic E-state index is 0.0764. The molecule has 218 valence electrons. The average Bonchev–Trinajstić information content (AvgIpc) is 3.21. The first-order chi connectivity index (χ1) is 18.4. The maximum absolute atomic E-state index is 12.0. The van der Waals surface area contributed by atoms with E-state index in [2.05, 4.69) is 4.90 Å². The molecule has 0 aliphatic carbocycles. The number of nitrogens with zero attached hydrogens (tertiary/aromatic N) is 2. The first-order valence-corrected chi connectivity index (χ1v) is 14.0. The van der Waals surface area contributed by atoms with Crippen molar-refractivity contribution in [3.63, 3.8) is 0 Å². The number of aliphatic hydroxyl groups is 3. The van der Waals surface area contributed by atoms with Gasteiger partial charge in [0.1, 0.15) is 0 Å². The van der Waals surface area contributed by atoms with Crippen molar-refractivity contribution in [2.45, 2.75) is 108 Å². The highest BCUT2D eigenvalue weighted by molar-refractivity contribution is 6.01. The molecule has 0 radical (unpaired) electrons. The van der Waals surface area contributed by atoms with Crippen LogP contribution in [-0.4, -0.2) is 113 Å². The Balaban J connectivity index is 1.36. The van der Waals surface area contributed by atoms with Crippen LogP contribution in [0.1, 0.15) is 77.0 Å². The first kappa shape index (κ1) is 30.9. The lowest BCUT2D eigenvalue weighted by Crippen LogP contribution is -2.40. The fourth-order valence-electron chi connectivity index (χ4n) is 5.02. The molecular weight excluding hydrogens is 500 g/mol. The van der Waals surface area contributed by atoms with Gasteiger partial charge < -0.3 is 39.3 Å². The summed E-state index contributed by atoms with van der Waals surface area (Å²) in [6.45, 7) is 3.16. The van der Waals surface area contributed by atoms with Gasteiger partial charge in [-0.25, -0.2) is 4.79 Å². The van der Waals surface area contributed by atoms with Crippen LogP contribution in [0.4, 0.5) is 0 Å². The second-order valence-electron chi connectivity index (χ2n) is 10.3. The van der Waals surface area contributed by atoms with Crippen LogP contribution in [0.3, 0.4) is 0 Å². The van der Waals surface area contributed by atoms with Crippen molar-refractivity contribution in [2.24, 2.45) is 0 Å². The van der Waals surface area contributed by atoms with E-state index in [1.807, 2.05) is 0 Å². The van der Waals surface area contributed by atoms with Crippen molar-refractivity contribution in [1.82, 2.24) is 9.96 Å². The van der Waals surface area contributed by atoms with Crippen molar-refractivity contribution in [2.75, 3.05) is 39.5 Å². The summed E-state index contributed by atoms with van der Waals surface area (Å²) in [6, 6.07) is 0. The molecular formula is C26H44N2O10. The molecule has 5 atom stereocenters. The molecule has 5 unspecified atom stereocenters. The van der Waals surface area contributed by atoms with Crippen LogP contribution >= 0.6 is 0 Å². The number of ether oxygens (including phenoxy) is 3. The van der Waals surface area contributed by atoms with Gasteiger partial charge in [0.05, 0.1) is 37.6 Å². The van der Waals surface area contributed by atoms with Crippen LogP contribution in [0.2, 0.25) is 0 Å². The quantitative estimate of drug-likeness (QED) is 0.185. The van der Waals surface area contributed by atoms with E-state index >= 15 is 0 Å². The van der Waals surface area contributed by atoms with Crippen LogP contribution in [0.25, 0.3) is 0 Å². The van der Waals surface area contributed by atoms with Crippen molar-refractivity contribution in [3.8, 4) is 0 Å². The smallest absolute Gasteiger partial charge is 0.333 e. The number of carbonyl (C=O) groups excluding carboxylic acids is 3. The minimum atomic E-state index is -0.583. The summed E-state index contributed by atoms with van der Waals surface area (Å²) in [5.74, 6) is -1.54. The maximum Gasteiger partial charge on any atom is 0.333 e. The van der Waals surface area contributed by atoms with Crippen LogP contribution in [-0.2, 0) is 33.4 Å². The van der Waals surface area contributed by atoms with Crippen molar-refractivity contribution in [1.29, 1.82) is 0 Å². The third-order valence-corrected chi connectivity index (χ3v) is 7.18. The molecule has 3 fully saturated rings. The summed E-state index contributed by atoms with van der Waals surface area (Å²) in [7, 11) is 0. The van der Waals surface area contributed by atoms with E-state index in [1.54, 1.807) is 0 Å². The number of unbranched alkanes of at least 4 members (excludes halogenated alkanes) is 2. The Labute approximate surface area is 224 Å². The minimum Gasteiger partial charge on any atom is -0.394 e. The summed E-state index contributed by atoms with van der Waals surface area (Å²) in [4.78, 5) is 42.3.